The van der Waals surface area contributed by atoms with E-state index < -0.39 is 28.5 Å². The van der Waals surface area contributed by atoms with Crippen LogP contribution in [-0.2, 0) is 26.2 Å². The van der Waals surface area contributed by atoms with Gasteiger partial charge in [-0.05, 0) is 42.8 Å². The van der Waals surface area contributed by atoms with E-state index in [9.17, 15) is 18.0 Å². The predicted octanol–water partition coefficient (Wildman–Crippen LogP) is 4.74. The lowest BCUT2D eigenvalue weighted by molar-refractivity contribution is -0.139. The number of anilines is 1. The summed E-state index contributed by atoms with van der Waals surface area (Å²) in [5.41, 5.74) is 1.09. The fourth-order valence-corrected chi connectivity index (χ4v) is 5.86. The smallest absolute Gasteiger partial charge is 0.244 e. The van der Waals surface area contributed by atoms with E-state index in [0.717, 1.165) is 41.6 Å². The van der Waals surface area contributed by atoms with Gasteiger partial charge >= 0.3 is 0 Å². The van der Waals surface area contributed by atoms with Crippen LogP contribution in [0.25, 0.3) is 10.8 Å². The van der Waals surface area contributed by atoms with Crippen molar-refractivity contribution in [2.24, 2.45) is 0 Å². The van der Waals surface area contributed by atoms with E-state index in [1.54, 1.807) is 37.3 Å². The van der Waals surface area contributed by atoms with Crippen LogP contribution in [0.1, 0.15) is 38.2 Å². The lowest BCUT2D eigenvalue weighted by Crippen LogP contribution is -2.52. The Balaban J connectivity index is 1.66. The van der Waals surface area contributed by atoms with Gasteiger partial charge in [0.1, 0.15) is 12.6 Å². The minimum absolute atomic E-state index is 0.0743. The number of sulfonamides is 1. The third-order valence-corrected chi connectivity index (χ3v) is 8.38. The third-order valence-electron chi connectivity index (χ3n) is 6.88. The topological polar surface area (TPSA) is 86.8 Å². The van der Waals surface area contributed by atoms with E-state index in [0.29, 0.717) is 21.7 Å². The quantitative estimate of drug-likeness (QED) is 0.424. The lowest BCUT2D eigenvalue weighted by atomic mass is 10.1. The van der Waals surface area contributed by atoms with E-state index in [-0.39, 0.29) is 18.5 Å². The van der Waals surface area contributed by atoms with Gasteiger partial charge < -0.3 is 10.2 Å². The second-order valence-corrected chi connectivity index (χ2v) is 11.9. The number of benzene rings is 3. The highest BCUT2D eigenvalue weighted by Gasteiger charge is 2.32. The number of fused-ring (bicyclic) bond motifs is 1. The zero-order valence-electron chi connectivity index (χ0n) is 21.1. The first-order valence-corrected chi connectivity index (χ1v) is 14.7. The van der Waals surface area contributed by atoms with Crippen molar-refractivity contribution < 1.29 is 18.0 Å². The van der Waals surface area contributed by atoms with E-state index in [2.05, 4.69) is 5.32 Å². The molecule has 37 heavy (non-hydrogen) atoms. The van der Waals surface area contributed by atoms with E-state index in [1.807, 2.05) is 36.4 Å². The molecule has 0 bridgehead atoms. The summed E-state index contributed by atoms with van der Waals surface area (Å²) >= 11 is 6.39. The van der Waals surface area contributed by atoms with Gasteiger partial charge in [-0.1, -0.05) is 79.0 Å². The fourth-order valence-electron chi connectivity index (χ4n) is 4.81. The molecule has 3 aromatic carbocycles. The Morgan fingerprint density at radius 3 is 2.35 bits per heavy atom. The number of nitrogens with one attached hydrogen (secondary N) is 1. The molecule has 1 aliphatic rings. The van der Waals surface area contributed by atoms with Crippen LogP contribution in [0.3, 0.4) is 0 Å². The van der Waals surface area contributed by atoms with Gasteiger partial charge in [0.25, 0.3) is 0 Å². The number of carbonyl (C=O) groups is 2. The molecule has 0 heterocycles. The average Bonchev–Trinajstić information content (AvgIpc) is 3.38. The second-order valence-electron chi connectivity index (χ2n) is 9.55. The Labute approximate surface area is 223 Å². The summed E-state index contributed by atoms with van der Waals surface area (Å²) in [6.45, 7) is 1.30. The summed E-state index contributed by atoms with van der Waals surface area (Å²) < 4.78 is 27.0. The zero-order chi connectivity index (χ0) is 26.6. The molecule has 196 valence electrons. The summed E-state index contributed by atoms with van der Waals surface area (Å²) in [6.07, 6.45) is 5.04. The molecule has 0 saturated heterocycles. The van der Waals surface area contributed by atoms with Crippen molar-refractivity contribution in [1.29, 1.82) is 0 Å². The first kappa shape index (κ1) is 26.9. The molecular formula is C28H32ClN3O4S. The first-order valence-electron chi connectivity index (χ1n) is 12.4. The van der Waals surface area contributed by atoms with Crippen LogP contribution in [0.5, 0.6) is 0 Å². The maximum Gasteiger partial charge on any atom is 0.244 e. The van der Waals surface area contributed by atoms with Crippen LogP contribution >= 0.6 is 11.6 Å². The Kier molecular flexibility index (Phi) is 8.39. The number of hydrogen-bond acceptors (Lipinski definition) is 4. The van der Waals surface area contributed by atoms with Gasteiger partial charge in [0.15, 0.2) is 0 Å². The van der Waals surface area contributed by atoms with Gasteiger partial charge in [-0.25, -0.2) is 8.42 Å². The van der Waals surface area contributed by atoms with Gasteiger partial charge in [0.2, 0.25) is 21.8 Å². The molecule has 4 rings (SSSR count). The van der Waals surface area contributed by atoms with Crippen molar-refractivity contribution >= 4 is 49.9 Å². The Morgan fingerprint density at radius 2 is 1.65 bits per heavy atom. The van der Waals surface area contributed by atoms with Crippen LogP contribution in [0.2, 0.25) is 5.02 Å². The van der Waals surface area contributed by atoms with Crippen molar-refractivity contribution in [2.75, 3.05) is 17.1 Å². The predicted molar refractivity (Wildman–Crippen MR) is 148 cm³/mol. The molecule has 1 N–H and O–H groups in total. The molecule has 1 aliphatic carbocycles. The third kappa shape index (κ3) is 6.43. The van der Waals surface area contributed by atoms with Gasteiger partial charge in [-0.2, -0.15) is 0 Å². The molecular weight excluding hydrogens is 510 g/mol. The van der Waals surface area contributed by atoms with Crippen LogP contribution in [-0.4, -0.2) is 50.0 Å². The largest absolute Gasteiger partial charge is 0.352 e. The Bertz CT molecular complexity index is 1380. The Hall–Kier alpha value is -3.10. The summed E-state index contributed by atoms with van der Waals surface area (Å²) in [5, 5.41) is 5.10. The van der Waals surface area contributed by atoms with Crippen LogP contribution < -0.4 is 9.62 Å². The number of carbonyl (C=O) groups excluding carboxylic acids is 2. The summed E-state index contributed by atoms with van der Waals surface area (Å²) in [6, 6.07) is 19.1. The SMILES string of the molecule is C[C@@H](C(=O)NC1CCCC1)N(Cc1ccccc1Cl)C(=O)CN(c1cccc2ccccc12)S(C)(=O)=O. The van der Waals surface area contributed by atoms with Crippen LogP contribution in [0.4, 0.5) is 5.69 Å². The van der Waals surface area contributed by atoms with E-state index >= 15 is 0 Å². The van der Waals surface area contributed by atoms with Crippen molar-refractivity contribution in [3.8, 4) is 0 Å². The van der Waals surface area contributed by atoms with Gasteiger partial charge in [0, 0.05) is 23.0 Å². The zero-order valence-corrected chi connectivity index (χ0v) is 22.6. The van der Waals surface area contributed by atoms with Gasteiger partial charge in [-0.3, -0.25) is 13.9 Å². The number of nitrogens with zero attached hydrogens (tertiary/aromatic N) is 2. The average molecular weight is 542 g/mol. The minimum atomic E-state index is -3.82. The molecule has 9 heteroatoms. The number of halogens is 1. The molecule has 3 aromatic rings. The molecule has 0 spiro atoms. The number of hydrogen-bond donors (Lipinski definition) is 1. The maximum atomic E-state index is 13.8. The minimum Gasteiger partial charge on any atom is -0.352 e. The normalized spacial score (nSPS) is 14.9. The Morgan fingerprint density at radius 1 is 1.00 bits per heavy atom. The highest BCUT2D eigenvalue weighted by atomic mass is 35.5. The van der Waals surface area contributed by atoms with E-state index in [1.165, 1.54) is 4.90 Å². The maximum absolute atomic E-state index is 13.8. The fraction of sp³-hybridized carbons (Fsp3) is 0.357. The first-order chi connectivity index (χ1) is 17.6. The standard InChI is InChI=1S/C28H32ClN3O4S/c1-20(28(34)30-23-13-5-6-14-23)31(18-22-11-4-8-16-25(22)29)27(33)19-32(37(2,35)36)26-17-9-12-21-10-3-7-15-24(21)26/h3-4,7-12,15-17,20,23H,5-6,13-14,18-19H2,1-2H3,(H,30,34)/t20-/m0/s1. The van der Waals surface area contributed by atoms with Crippen molar-refractivity contribution in [2.45, 2.75) is 51.2 Å². The summed E-state index contributed by atoms with van der Waals surface area (Å²) in [7, 11) is -3.82. The monoisotopic (exact) mass is 541 g/mol. The molecule has 0 aliphatic heterocycles. The molecule has 7 nitrogen and oxygen atoms in total. The van der Waals surface area contributed by atoms with Gasteiger partial charge in [-0.15, -0.1) is 0 Å². The van der Waals surface area contributed by atoms with Gasteiger partial charge in [0.05, 0.1) is 11.9 Å². The van der Waals surface area contributed by atoms with Crippen LogP contribution in [0.15, 0.2) is 66.7 Å². The molecule has 0 radical (unpaired) electrons. The highest BCUT2D eigenvalue weighted by Crippen LogP contribution is 2.29. The lowest BCUT2D eigenvalue weighted by Gasteiger charge is -2.32. The summed E-state index contributed by atoms with van der Waals surface area (Å²) in [5.74, 6) is -0.754. The molecule has 0 aromatic heterocycles. The van der Waals surface area contributed by atoms with Crippen molar-refractivity contribution in [1.82, 2.24) is 10.2 Å². The highest BCUT2D eigenvalue weighted by molar-refractivity contribution is 7.92. The van der Waals surface area contributed by atoms with Crippen molar-refractivity contribution in [3.05, 3.63) is 77.3 Å². The molecule has 0 unspecified atom stereocenters. The number of amides is 2. The molecule has 1 fully saturated rings. The summed E-state index contributed by atoms with van der Waals surface area (Å²) in [4.78, 5) is 28.4. The molecule has 1 atom stereocenters. The van der Waals surface area contributed by atoms with E-state index in [4.69, 9.17) is 11.6 Å². The molecule has 1 saturated carbocycles. The van der Waals surface area contributed by atoms with Crippen LogP contribution in [0, 0.1) is 0 Å². The van der Waals surface area contributed by atoms with Crippen molar-refractivity contribution in [3.63, 3.8) is 0 Å². The molecule has 2 amide bonds. The number of rotatable bonds is 9. The second kappa shape index (κ2) is 11.5.